The molecule has 0 unspecified atom stereocenters. The Kier molecular flexibility index (Phi) is 7.64. The highest BCUT2D eigenvalue weighted by Crippen LogP contribution is 2.03. The Balaban J connectivity index is 1.82. The number of carbonyl (C=O) groups excluding carboxylic acids is 2. The molecule has 26 heavy (non-hydrogen) atoms. The second-order valence-corrected chi connectivity index (χ2v) is 5.99. The Morgan fingerprint density at radius 1 is 1.04 bits per heavy atom. The van der Waals surface area contributed by atoms with Crippen molar-refractivity contribution in [1.82, 2.24) is 16.0 Å². The number of hydrogen-bond donors (Lipinski definition) is 3. The van der Waals surface area contributed by atoms with Crippen molar-refractivity contribution in [1.29, 1.82) is 0 Å². The summed E-state index contributed by atoms with van der Waals surface area (Å²) in [5, 5.41) is 8.34. The van der Waals surface area contributed by atoms with Crippen LogP contribution in [0.2, 0.25) is 0 Å². The van der Waals surface area contributed by atoms with Gasteiger partial charge in [0.05, 0.1) is 0 Å². The molecule has 0 aromatic heterocycles. The van der Waals surface area contributed by atoms with E-state index in [1.54, 1.807) is 0 Å². The van der Waals surface area contributed by atoms with Crippen LogP contribution in [0.5, 0.6) is 0 Å². The van der Waals surface area contributed by atoms with Gasteiger partial charge in [0.15, 0.2) is 0 Å². The molecule has 2 amide bonds. The van der Waals surface area contributed by atoms with Crippen LogP contribution in [0.3, 0.4) is 0 Å². The lowest BCUT2D eigenvalue weighted by Gasteiger charge is -2.18. The zero-order valence-electron chi connectivity index (χ0n) is 15.1. The molecular formula is C20H25N3O3. The Labute approximate surface area is 153 Å². The summed E-state index contributed by atoms with van der Waals surface area (Å²) in [6, 6.07) is 16.8. The monoisotopic (exact) mass is 355 g/mol. The van der Waals surface area contributed by atoms with E-state index in [1.165, 1.54) is 12.6 Å². The molecule has 0 bridgehead atoms. The first kappa shape index (κ1) is 19.5. The molecule has 0 saturated carbocycles. The number of hydrogen-bond acceptors (Lipinski definition) is 4. The van der Waals surface area contributed by atoms with Gasteiger partial charge in [-0.25, -0.2) is 4.79 Å². The number of aryl methyl sites for hydroxylation is 1. The van der Waals surface area contributed by atoms with Gasteiger partial charge in [0.25, 0.3) is 0 Å². The van der Waals surface area contributed by atoms with Crippen LogP contribution in [0.15, 0.2) is 54.6 Å². The Bertz CT molecular complexity index is 719. The van der Waals surface area contributed by atoms with E-state index in [0.717, 1.165) is 11.1 Å². The molecule has 2 rings (SSSR count). The van der Waals surface area contributed by atoms with Gasteiger partial charge in [-0.2, -0.15) is 0 Å². The zero-order chi connectivity index (χ0) is 18.8. The molecule has 0 saturated heterocycles. The molecule has 0 heterocycles. The lowest BCUT2D eigenvalue weighted by molar-refractivity contribution is -0.122. The number of rotatable bonds is 8. The van der Waals surface area contributed by atoms with Crippen molar-refractivity contribution >= 4 is 12.0 Å². The van der Waals surface area contributed by atoms with E-state index in [0.29, 0.717) is 13.1 Å². The van der Waals surface area contributed by atoms with Crippen LogP contribution in [0.4, 0.5) is 4.79 Å². The zero-order valence-corrected chi connectivity index (χ0v) is 15.1. The van der Waals surface area contributed by atoms with Crippen molar-refractivity contribution in [2.24, 2.45) is 0 Å². The second-order valence-electron chi connectivity index (χ2n) is 5.99. The van der Waals surface area contributed by atoms with Gasteiger partial charge in [-0.1, -0.05) is 60.2 Å². The molecule has 3 N–H and O–H groups in total. The average Bonchev–Trinajstić information content (AvgIpc) is 2.66. The maximum Gasteiger partial charge on any atom is 0.408 e. The third kappa shape index (κ3) is 6.57. The number of alkyl carbamates (subject to hydrolysis) is 1. The fourth-order valence-corrected chi connectivity index (χ4v) is 2.47. The SMILES string of the molecule is CNC(=O)[C@@H](CNCc1cccc(C)c1)NC(=O)OCc1ccccc1. The van der Waals surface area contributed by atoms with E-state index in [1.807, 2.05) is 55.5 Å². The summed E-state index contributed by atoms with van der Waals surface area (Å²) in [5.41, 5.74) is 3.18. The molecule has 6 heteroatoms. The van der Waals surface area contributed by atoms with Gasteiger partial charge in [-0.05, 0) is 18.1 Å². The highest BCUT2D eigenvalue weighted by Gasteiger charge is 2.20. The molecular weight excluding hydrogens is 330 g/mol. The van der Waals surface area contributed by atoms with Crippen LogP contribution in [-0.2, 0) is 22.7 Å². The number of carbonyl (C=O) groups is 2. The summed E-state index contributed by atoms with van der Waals surface area (Å²) < 4.78 is 5.18. The molecule has 0 fully saturated rings. The Hall–Kier alpha value is -2.86. The summed E-state index contributed by atoms with van der Waals surface area (Å²) in [6.07, 6.45) is -0.625. The maximum atomic E-state index is 12.0. The first-order valence-corrected chi connectivity index (χ1v) is 8.53. The average molecular weight is 355 g/mol. The van der Waals surface area contributed by atoms with Crippen molar-refractivity contribution in [2.45, 2.75) is 26.1 Å². The molecule has 0 aliphatic rings. The summed E-state index contributed by atoms with van der Waals surface area (Å²) in [4.78, 5) is 24.0. The molecule has 2 aromatic carbocycles. The quantitative estimate of drug-likeness (QED) is 0.678. The summed E-state index contributed by atoms with van der Waals surface area (Å²) in [6.45, 7) is 3.09. The number of benzene rings is 2. The summed E-state index contributed by atoms with van der Waals surface area (Å²) in [5.74, 6) is -0.279. The molecule has 0 radical (unpaired) electrons. The number of amides is 2. The van der Waals surface area contributed by atoms with Gasteiger partial charge in [-0.3, -0.25) is 4.79 Å². The van der Waals surface area contributed by atoms with Crippen LogP contribution in [0.25, 0.3) is 0 Å². The molecule has 0 spiro atoms. The third-order valence-electron chi connectivity index (χ3n) is 3.83. The molecule has 138 valence electrons. The van der Waals surface area contributed by atoms with E-state index in [-0.39, 0.29) is 12.5 Å². The summed E-state index contributed by atoms with van der Waals surface area (Å²) >= 11 is 0. The van der Waals surface area contributed by atoms with Gasteiger partial charge >= 0.3 is 6.09 Å². The van der Waals surface area contributed by atoms with Crippen LogP contribution in [-0.4, -0.2) is 31.6 Å². The van der Waals surface area contributed by atoms with Crippen LogP contribution in [0.1, 0.15) is 16.7 Å². The lowest BCUT2D eigenvalue weighted by atomic mass is 10.1. The van der Waals surface area contributed by atoms with E-state index < -0.39 is 12.1 Å². The molecule has 6 nitrogen and oxygen atoms in total. The lowest BCUT2D eigenvalue weighted by Crippen LogP contribution is -2.51. The van der Waals surface area contributed by atoms with Gasteiger partial charge in [-0.15, -0.1) is 0 Å². The van der Waals surface area contributed by atoms with Gasteiger partial charge in [0.2, 0.25) is 5.91 Å². The van der Waals surface area contributed by atoms with Crippen molar-refractivity contribution in [3.8, 4) is 0 Å². The van der Waals surface area contributed by atoms with Crippen molar-refractivity contribution in [2.75, 3.05) is 13.6 Å². The van der Waals surface area contributed by atoms with E-state index in [9.17, 15) is 9.59 Å². The second kappa shape index (κ2) is 10.2. The maximum absolute atomic E-state index is 12.0. The smallest absolute Gasteiger partial charge is 0.408 e. The third-order valence-corrected chi connectivity index (χ3v) is 3.83. The molecule has 0 aliphatic carbocycles. The Morgan fingerprint density at radius 3 is 2.46 bits per heavy atom. The fourth-order valence-electron chi connectivity index (χ4n) is 2.47. The topological polar surface area (TPSA) is 79.5 Å². The number of ether oxygens (including phenoxy) is 1. The standard InChI is InChI=1S/C20H25N3O3/c1-15-7-6-10-17(11-15)12-22-13-18(19(24)21-2)23-20(25)26-14-16-8-4-3-5-9-16/h3-11,18,22H,12-14H2,1-2H3,(H,21,24)(H,23,25)/t18-/m1/s1. The minimum Gasteiger partial charge on any atom is -0.445 e. The molecule has 0 aliphatic heterocycles. The highest BCUT2D eigenvalue weighted by molar-refractivity contribution is 5.85. The Morgan fingerprint density at radius 2 is 1.77 bits per heavy atom. The largest absolute Gasteiger partial charge is 0.445 e. The van der Waals surface area contributed by atoms with Crippen molar-refractivity contribution in [3.05, 3.63) is 71.3 Å². The molecule has 1 atom stereocenters. The van der Waals surface area contributed by atoms with Crippen molar-refractivity contribution < 1.29 is 14.3 Å². The van der Waals surface area contributed by atoms with E-state index >= 15 is 0 Å². The van der Waals surface area contributed by atoms with Gasteiger partial charge in [0.1, 0.15) is 12.6 Å². The fraction of sp³-hybridized carbons (Fsp3) is 0.300. The van der Waals surface area contributed by atoms with Crippen molar-refractivity contribution in [3.63, 3.8) is 0 Å². The molecule has 2 aromatic rings. The van der Waals surface area contributed by atoms with E-state index in [4.69, 9.17) is 4.74 Å². The number of nitrogens with one attached hydrogen (secondary N) is 3. The normalized spacial score (nSPS) is 11.5. The minimum atomic E-state index is -0.715. The first-order chi connectivity index (χ1) is 12.6. The van der Waals surface area contributed by atoms with Gasteiger partial charge < -0.3 is 20.7 Å². The van der Waals surface area contributed by atoms with Crippen LogP contribution >= 0.6 is 0 Å². The predicted octanol–water partition coefficient (Wildman–Crippen LogP) is 2.13. The highest BCUT2D eigenvalue weighted by atomic mass is 16.5. The number of likely N-dealkylation sites (N-methyl/N-ethyl adjacent to an activating group) is 1. The van der Waals surface area contributed by atoms with Crippen LogP contribution < -0.4 is 16.0 Å². The first-order valence-electron chi connectivity index (χ1n) is 8.53. The predicted molar refractivity (Wildman–Crippen MR) is 101 cm³/mol. The van der Waals surface area contributed by atoms with E-state index in [2.05, 4.69) is 22.0 Å². The summed E-state index contributed by atoms with van der Waals surface area (Å²) in [7, 11) is 1.53. The van der Waals surface area contributed by atoms with Crippen LogP contribution in [0, 0.1) is 6.92 Å². The minimum absolute atomic E-state index is 0.157. The van der Waals surface area contributed by atoms with Gasteiger partial charge in [0, 0.05) is 20.1 Å².